The SMILES string of the molecule is O=C(c1ccccc1)c1ccc(Cc2ccccc2)c(F)c1. The highest BCUT2D eigenvalue weighted by molar-refractivity contribution is 6.08. The first-order valence-corrected chi connectivity index (χ1v) is 7.16. The zero-order valence-corrected chi connectivity index (χ0v) is 12.0. The average Bonchev–Trinajstić information content (AvgIpc) is 2.58. The van der Waals surface area contributed by atoms with Crippen molar-refractivity contribution >= 4 is 5.78 Å². The van der Waals surface area contributed by atoms with E-state index in [0.29, 0.717) is 23.1 Å². The molecule has 0 atom stereocenters. The van der Waals surface area contributed by atoms with Gasteiger partial charge in [-0.25, -0.2) is 4.39 Å². The summed E-state index contributed by atoms with van der Waals surface area (Å²) in [6.45, 7) is 0. The Bertz CT molecular complexity index is 779. The minimum absolute atomic E-state index is 0.161. The third kappa shape index (κ3) is 3.12. The molecule has 0 bridgehead atoms. The lowest BCUT2D eigenvalue weighted by atomic mass is 9.99. The zero-order chi connectivity index (χ0) is 15.4. The summed E-state index contributed by atoms with van der Waals surface area (Å²) >= 11 is 0. The first-order valence-electron chi connectivity index (χ1n) is 7.16. The molecule has 3 rings (SSSR count). The Morgan fingerprint density at radius 3 is 2.05 bits per heavy atom. The van der Waals surface area contributed by atoms with Crippen LogP contribution in [0.1, 0.15) is 27.0 Å². The molecule has 3 aromatic carbocycles. The average molecular weight is 290 g/mol. The van der Waals surface area contributed by atoms with Crippen LogP contribution in [0.5, 0.6) is 0 Å². The number of ketones is 1. The van der Waals surface area contributed by atoms with Crippen molar-refractivity contribution in [3.8, 4) is 0 Å². The summed E-state index contributed by atoms with van der Waals surface area (Å²) in [6, 6.07) is 23.3. The van der Waals surface area contributed by atoms with Gasteiger partial charge in [-0.05, 0) is 17.2 Å². The Hall–Kier alpha value is -2.74. The fraction of sp³-hybridized carbons (Fsp3) is 0.0500. The van der Waals surface area contributed by atoms with Gasteiger partial charge in [0.2, 0.25) is 0 Å². The highest BCUT2D eigenvalue weighted by Gasteiger charge is 2.11. The Labute approximate surface area is 129 Å². The molecule has 0 saturated carbocycles. The quantitative estimate of drug-likeness (QED) is 0.639. The van der Waals surface area contributed by atoms with Crippen molar-refractivity contribution in [1.82, 2.24) is 0 Å². The van der Waals surface area contributed by atoms with Crippen LogP contribution in [0.2, 0.25) is 0 Å². The number of rotatable bonds is 4. The lowest BCUT2D eigenvalue weighted by Gasteiger charge is -2.06. The van der Waals surface area contributed by atoms with Crippen LogP contribution >= 0.6 is 0 Å². The molecule has 0 N–H and O–H groups in total. The van der Waals surface area contributed by atoms with Gasteiger partial charge in [0.25, 0.3) is 0 Å². The Kier molecular flexibility index (Phi) is 4.10. The van der Waals surface area contributed by atoms with Crippen molar-refractivity contribution in [2.45, 2.75) is 6.42 Å². The fourth-order valence-corrected chi connectivity index (χ4v) is 2.40. The highest BCUT2D eigenvalue weighted by Crippen LogP contribution is 2.17. The minimum atomic E-state index is -0.342. The van der Waals surface area contributed by atoms with Gasteiger partial charge in [-0.3, -0.25) is 4.79 Å². The maximum atomic E-state index is 14.3. The molecule has 3 aromatic rings. The second kappa shape index (κ2) is 6.35. The number of carbonyl (C=O) groups excluding carboxylic acids is 1. The summed E-state index contributed by atoms with van der Waals surface area (Å²) in [5, 5.41) is 0. The number of halogens is 1. The molecule has 0 aliphatic rings. The van der Waals surface area contributed by atoms with E-state index in [-0.39, 0.29) is 11.6 Å². The number of carbonyl (C=O) groups is 1. The molecular formula is C20H15FO. The molecule has 0 aliphatic heterocycles. The molecule has 108 valence electrons. The molecule has 0 aromatic heterocycles. The summed E-state index contributed by atoms with van der Waals surface area (Å²) in [4.78, 5) is 12.3. The van der Waals surface area contributed by atoms with Crippen LogP contribution in [0, 0.1) is 5.82 Å². The molecule has 22 heavy (non-hydrogen) atoms. The molecule has 0 amide bonds. The van der Waals surface area contributed by atoms with Crippen LogP contribution in [0.25, 0.3) is 0 Å². The van der Waals surface area contributed by atoms with Gasteiger partial charge >= 0.3 is 0 Å². The van der Waals surface area contributed by atoms with E-state index >= 15 is 0 Å². The lowest BCUT2D eigenvalue weighted by molar-refractivity contribution is 0.103. The fourth-order valence-electron chi connectivity index (χ4n) is 2.40. The zero-order valence-electron chi connectivity index (χ0n) is 12.0. The van der Waals surface area contributed by atoms with Crippen LogP contribution in [0.15, 0.2) is 78.9 Å². The third-order valence-corrected chi connectivity index (χ3v) is 3.59. The molecule has 0 fully saturated rings. The second-order valence-corrected chi connectivity index (χ2v) is 5.16. The summed E-state index contributed by atoms with van der Waals surface area (Å²) in [6.07, 6.45) is 0.520. The van der Waals surface area contributed by atoms with Gasteiger partial charge in [0.15, 0.2) is 5.78 Å². The van der Waals surface area contributed by atoms with E-state index in [0.717, 1.165) is 5.56 Å². The van der Waals surface area contributed by atoms with E-state index in [4.69, 9.17) is 0 Å². The van der Waals surface area contributed by atoms with Gasteiger partial charge in [0.1, 0.15) is 5.82 Å². The lowest BCUT2D eigenvalue weighted by Crippen LogP contribution is -2.03. The van der Waals surface area contributed by atoms with Gasteiger partial charge in [-0.1, -0.05) is 72.8 Å². The van der Waals surface area contributed by atoms with Crippen molar-refractivity contribution in [1.29, 1.82) is 0 Å². The van der Waals surface area contributed by atoms with E-state index in [1.165, 1.54) is 6.07 Å². The molecule has 0 heterocycles. The van der Waals surface area contributed by atoms with E-state index < -0.39 is 0 Å². The molecule has 0 unspecified atom stereocenters. The molecule has 0 spiro atoms. The Morgan fingerprint density at radius 1 is 0.773 bits per heavy atom. The van der Waals surface area contributed by atoms with Crippen LogP contribution in [-0.4, -0.2) is 5.78 Å². The standard InChI is InChI=1S/C20H15FO/c21-19-14-18(20(22)16-9-5-2-6-10-16)12-11-17(19)13-15-7-3-1-4-8-15/h1-12,14H,13H2. The van der Waals surface area contributed by atoms with E-state index in [1.54, 1.807) is 36.4 Å². The van der Waals surface area contributed by atoms with Gasteiger partial charge in [-0.2, -0.15) is 0 Å². The topological polar surface area (TPSA) is 17.1 Å². The molecule has 2 heteroatoms. The first kappa shape index (κ1) is 14.2. The van der Waals surface area contributed by atoms with Crippen LogP contribution < -0.4 is 0 Å². The van der Waals surface area contributed by atoms with Gasteiger partial charge in [0.05, 0.1) is 0 Å². The predicted octanol–water partition coefficient (Wildman–Crippen LogP) is 4.65. The summed E-state index contributed by atoms with van der Waals surface area (Å²) in [5.74, 6) is -0.503. The van der Waals surface area contributed by atoms with E-state index in [2.05, 4.69) is 0 Å². The Morgan fingerprint density at radius 2 is 1.41 bits per heavy atom. The smallest absolute Gasteiger partial charge is 0.193 e. The maximum absolute atomic E-state index is 14.3. The van der Waals surface area contributed by atoms with Crippen molar-refractivity contribution in [2.75, 3.05) is 0 Å². The summed E-state index contributed by atoms with van der Waals surface area (Å²) in [5.41, 5.74) is 2.58. The minimum Gasteiger partial charge on any atom is -0.289 e. The highest BCUT2D eigenvalue weighted by atomic mass is 19.1. The molecule has 0 saturated heterocycles. The normalized spacial score (nSPS) is 10.4. The first-order chi connectivity index (χ1) is 10.7. The summed E-state index contributed by atoms with van der Waals surface area (Å²) < 4.78 is 14.3. The van der Waals surface area contributed by atoms with Crippen LogP contribution in [0.4, 0.5) is 4.39 Å². The summed E-state index contributed by atoms with van der Waals surface area (Å²) in [7, 11) is 0. The van der Waals surface area contributed by atoms with Crippen LogP contribution in [-0.2, 0) is 6.42 Å². The van der Waals surface area contributed by atoms with E-state index in [9.17, 15) is 9.18 Å². The van der Waals surface area contributed by atoms with Gasteiger partial charge < -0.3 is 0 Å². The van der Waals surface area contributed by atoms with Gasteiger partial charge in [-0.15, -0.1) is 0 Å². The number of hydrogen-bond acceptors (Lipinski definition) is 1. The maximum Gasteiger partial charge on any atom is 0.193 e. The predicted molar refractivity (Wildman–Crippen MR) is 85.5 cm³/mol. The van der Waals surface area contributed by atoms with Crippen molar-refractivity contribution < 1.29 is 9.18 Å². The van der Waals surface area contributed by atoms with Crippen molar-refractivity contribution in [2.24, 2.45) is 0 Å². The number of benzene rings is 3. The van der Waals surface area contributed by atoms with Crippen molar-refractivity contribution in [3.05, 3.63) is 107 Å². The molecule has 1 nitrogen and oxygen atoms in total. The number of hydrogen-bond donors (Lipinski definition) is 0. The monoisotopic (exact) mass is 290 g/mol. The third-order valence-electron chi connectivity index (χ3n) is 3.59. The molecule has 0 radical (unpaired) electrons. The largest absolute Gasteiger partial charge is 0.289 e. The molecular weight excluding hydrogens is 275 g/mol. The van der Waals surface area contributed by atoms with Gasteiger partial charge in [0, 0.05) is 17.5 Å². The Balaban J connectivity index is 1.85. The van der Waals surface area contributed by atoms with E-state index in [1.807, 2.05) is 36.4 Å². The second-order valence-electron chi connectivity index (χ2n) is 5.16. The molecule has 0 aliphatic carbocycles. The van der Waals surface area contributed by atoms with Crippen LogP contribution in [0.3, 0.4) is 0 Å². The van der Waals surface area contributed by atoms with Crippen molar-refractivity contribution in [3.63, 3.8) is 0 Å².